The fourth-order valence-corrected chi connectivity index (χ4v) is 17.0. The van der Waals surface area contributed by atoms with E-state index in [2.05, 4.69) is 295 Å². The van der Waals surface area contributed by atoms with Gasteiger partial charge in [-0.15, -0.1) is 162 Å². The van der Waals surface area contributed by atoms with Gasteiger partial charge in [-0.3, -0.25) is 0 Å². The molecule has 392 valence electrons. The van der Waals surface area contributed by atoms with Gasteiger partial charge in [0.1, 0.15) is 0 Å². The Balaban J connectivity index is 0.000000172. The molecule has 0 amide bonds. The molecule has 12 rings (SSSR count). The molecule has 0 atom stereocenters. The number of fused-ring (bicyclic) bond motifs is 4. The topological polar surface area (TPSA) is 0 Å². The summed E-state index contributed by atoms with van der Waals surface area (Å²) in [4.78, 5) is 0. The maximum atomic E-state index is 2.29. The summed E-state index contributed by atoms with van der Waals surface area (Å²) in [6.07, 6.45) is 9.74. The van der Waals surface area contributed by atoms with Gasteiger partial charge in [0, 0.05) is 0 Å². The minimum absolute atomic E-state index is 0. The summed E-state index contributed by atoms with van der Waals surface area (Å²) in [6.45, 7) is 8.88. The van der Waals surface area contributed by atoms with Crippen LogP contribution in [0.2, 0.25) is 0 Å². The molecule has 0 spiro atoms. The molecule has 0 bridgehead atoms. The molecule has 0 heterocycles. The van der Waals surface area contributed by atoms with E-state index in [1.165, 1.54) is 137 Å². The molecule has 12 aromatic rings. The summed E-state index contributed by atoms with van der Waals surface area (Å²) in [5.74, 6) is 0. The third-order valence-electron chi connectivity index (χ3n) is 13.1. The third-order valence-corrected chi connectivity index (χ3v) is 25.3. The van der Waals surface area contributed by atoms with Gasteiger partial charge in [0.25, 0.3) is 0 Å². The predicted octanol–water partition coefficient (Wildman–Crippen LogP) is 10.7. The monoisotopic (exact) mass is 1240 g/mol. The van der Waals surface area contributed by atoms with Crippen molar-refractivity contribution < 1.29 is 71.5 Å². The van der Waals surface area contributed by atoms with Gasteiger partial charge in [0.2, 0.25) is 0 Å². The van der Waals surface area contributed by atoms with Crippen LogP contribution < -0.4 is 45.6 Å². The molecule has 0 aromatic heterocycles. The second-order valence-electron chi connectivity index (χ2n) is 19.2. The average molecular weight is 1250 g/mol. The Hall–Kier alpha value is -5.02. The van der Waals surface area contributed by atoms with E-state index in [9.17, 15) is 0 Å². The van der Waals surface area contributed by atoms with Crippen LogP contribution in [0.25, 0.3) is 43.1 Å². The van der Waals surface area contributed by atoms with Crippen molar-refractivity contribution in [3.8, 4) is 0 Å². The molecule has 6 heteroatoms. The number of halogens is 2. The van der Waals surface area contributed by atoms with Gasteiger partial charge in [-0.25, -0.2) is 0 Å². The van der Waals surface area contributed by atoms with Crippen LogP contribution in [0.5, 0.6) is 0 Å². The van der Waals surface area contributed by atoms with Crippen LogP contribution in [0, 0.1) is 0 Å². The molecule has 0 aliphatic heterocycles. The van der Waals surface area contributed by atoms with Gasteiger partial charge in [-0.05, 0) is 25.7 Å². The van der Waals surface area contributed by atoms with Crippen molar-refractivity contribution in [3.05, 3.63) is 289 Å². The first-order valence-electron chi connectivity index (χ1n) is 27.3. The zero-order valence-corrected chi connectivity index (χ0v) is 54.2. The molecule has 0 saturated heterocycles. The molecule has 0 N–H and O–H groups in total. The molecular weight excluding hydrogens is 1170 g/mol. The van der Waals surface area contributed by atoms with Crippen LogP contribution in [-0.2, 0) is 72.4 Å². The van der Waals surface area contributed by atoms with Gasteiger partial charge in [-0.2, -0.15) is 24.3 Å². The van der Waals surface area contributed by atoms with Crippen LogP contribution in [-0.4, -0.2) is 10.9 Å². The normalized spacial score (nSPS) is 10.2. The van der Waals surface area contributed by atoms with Crippen molar-refractivity contribution in [2.75, 3.05) is 0 Å². The van der Waals surface area contributed by atoms with E-state index in [4.69, 9.17) is 0 Å². The van der Waals surface area contributed by atoms with Crippen LogP contribution in [0.3, 0.4) is 0 Å². The van der Waals surface area contributed by atoms with Gasteiger partial charge < -0.3 is 24.8 Å². The Labute approximate surface area is 509 Å². The van der Waals surface area contributed by atoms with Gasteiger partial charge in [-0.1, -0.05) is 77.6 Å². The Kier molecular flexibility index (Phi) is 29.1. The second-order valence-corrected chi connectivity index (χ2v) is 30.4. The molecule has 12 aromatic carbocycles. The summed E-state index contributed by atoms with van der Waals surface area (Å²) in [6, 6.07) is 95.8. The number of rotatable bonds is 12. The van der Waals surface area contributed by atoms with E-state index in [-0.39, 0.29) is 24.8 Å². The Morgan fingerprint density at radius 1 is 0.269 bits per heavy atom. The van der Waals surface area contributed by atoms with Gasteiger partial charge >= 0.3 is 200 Å². The summed E-state index contributed by atoms with van der Waals surface area (Å²) >= 11 is 3.29. The number of hydrogen-bond donors (Lipinski definition) is 0. The Morgan fingerprint density at radius 2 is 0.449 bits per heavy atom. The van der Waals surface area contributed by atoms with Crippen molar-refractivity contribution in [1.82, 2.24) is 0 Å². The van der Waals surface area contributed by atoms with Crippen molar-refractivity contribution in [2.45, 2.75) is 79.1 Å². The Morgan fingerprint density at radius 3 is 0.628 bits per heavy atom. The zero-order chi connectivity index (χ0) is 53.2. The van der Waals surface area contributed by atoms with Crippen molar-refractivity contribution in [2.24, 2.45) is 0 Å². The number of benzene rings is 8. The van der Waals surface area contributed by atoms with Crippen molar-refractivity contribution in [1.29, 1.82) is 0 Å². The van der Waals surface area contributed by atoms with Crippen LogP contribution in [0.4, 0.5) is 0 Å². The summed E-state index contributed by atoms with van der Waals surface area (Å²) in [5.41, 5.74) is 4.97. The van der Waals surface area contributed by atoms with E-state index in [0.29, 0.717) is 0 Å². The molecule has 0 unspecified atom stereocenters. The number of aryl methyl sites for hydroxylation is 4. The fourth-order valence-electron chi connectivity index (χ4n) is 9.34. The van der Waals surface area contributed by atoms with Crippen molar-refractivity contribution in [3.63, 3.8) is 0 Å². The molecule has 0 radical (unpaired) electrons. The first kappa shape index (κ1) is 63.8. The predicted molar refractivity (Wildman–Crippen MR) is 330 cm³/mol. The molecule has 0 fully saturated rings. The third kappa shape index (κ3) is 20.3. The Bertz CT molecular complexity index is 2970. The zero-order valence-electron chi connectivity index (χ0n) is 45.8. The van der Waals surface area contributed by atoms with Crippen LogP contribution >= 0.6 is 0 Å². The molecular formula is C72H72Cl2Si2Zr2-2. The molecule has 0 saturated carbocycles. The molecule has 0 aliphatic rings. The van der Waals surface area contributed by atoms with E-state index in [1.54, 1.807) is 46.7 Å². The molecule has 0 aliphatic carbocycles. The quantitative estimate of drug-likeness (QED) is 0.0845. The van der Waals surface area contributed by atoms with Gasteiger partial charge in [0.15, 0.2) is 0 Å². The van der Waals surface area contributed by atoms with E-state index >= 15 is 0 Å². The first-order chi connectivity index (χ1) is 37.3. The SMILES string of the molecule is CCCc1cc2ccccc2[cH-]1.CCCc1cc2ccccc2[cH-]1.CCCc1cc2ccccc2[cH-]1.CCCc1cc2ccccc2[cH-]1.[Cl-].[Cl-].[Zr+2]=[Si](c1ccccc1)c1ccccc1.[Zr+2]=[Si](c1ccccc1)c1ccccc1. The summed E-state index contributed by atoms with van der Waals surface area (Å²) < 4.78 is 0. The average Bonchev–Trinajstić information content (AvgIpc) is 4.30. The van der Waals surface area contributed by atoms with E-state index < -0.39 is 10.9 Å². The van der Waals surface area contributed by atoms with Crippen LogP contribution in [0.15, 0.2) is 267 Å². The van der Waals surface area contributed by atoms with Crippen molar-refractivity contribution >= 4 is 74.7 Å². The van der Waals surface area contributed by atoms with Crippen LogP contribution in [0.1, 0.15) is 75.6 Å². The number of hydrogen-bond acceptors (Lipinski definition) is 0. The molecule has 0 nitrogen and oxygen atoms in total. The maximum absolute atomic E-state index is 2.29. The minimum atomic E-state index is -0.455. The van der Waals surface area contributed by atoms with E-state index in [0.717, 1.165) is 0 Å². The summed E-state index contributed by atoms with van der Waals surface area (Å²) in [7, 11) is 0. The summed E-state index contributed by atoms with van der Waals surface area (Å²) in [5, 5.41) is 17.1. The first-order valence-corrected chi connectivity index (χ1v) is 37.7. The standard InChI is InChI=1S/2C12H10Si.4C12H13.2ClH.2Zr/c2*1-3-7-11(8-4-1)13-12-9-5-2-6-10-12;4*1-2-5-10-8-11-6-3-4-7-12(11)9-10;;;;/h2*1-10H;4*3-4,6-9H,2,5H2,1H3;2*1H;;/q;;4*-1;;;2*+2/p-2. The fraction of sp³-hybridized carbons (Fsp3) is 0.167. The molecule has 78 heavy (non-hydrogen) atoms. The van der Waals surface area contributed by atoms with E-state index in [1.807, 2.05) is 0 Å². The second kappa shape index (κ2) is 35.6. The van der Waals surface area contributed by atoms with Gasteiger partial charge in [0.05, 0.1) is 0 Å².